The van der Waals surface area contributed by atoms with Crippen LogP contribution in [0, 0.1) is 0 Å². The topological polar surface area (TPSA) is 3.24 Å². The summed E-state index contributed by atoms with van der Waals surface area (Å²) in [7, 11) is 2.50. The van der Waals surface area contributed by atoms with Crippen LogP contribution in [0.2, 0.25) is 0 Å². The molecule has 27 heavy (non-hydrogen) atoms. The van der Waals surface area contributed by atoms with Gasteiger partial charge in [0.2, 0.25) is 0 Å². The smallest absolute Gasteiger partial charge is 0.00951 e. The van der Waals surface area contributed by atoms with Crippen molar-refractivity contribution in [3.63, 3.8) is 0 Å². The number of rotatable bonds is 2. The second-order valence-corrected chi connectivity index (χ2v) is 9.85. The van der Waals surface area contributed by atoms with E-state index in [1.165, 1.54) is 148 Å². The zero-order chi connectivity index (χ0) is 19.0. The highest BCUT2D eigenvalue weighted by Crippen LogP contribution is 2.26. The van der Waals surface area contributed by atoms with E-state index in [-0.39, 0.29) is 0 Å². The van der Waals surface area contributed by atoms with Crippen LogP contribution in [-0.4, -0.2) is 24.0 Å². The zero-order valence-corrected chi connectivity index (χ0v) is 18.9. The van der Waals surface area contributed by atoms with Gasteiger partial charge in [0, 0.05) is 12.1 Å². The Bertz CT molecular complexity index is 300. The minimum absolute atomic E-state index is 0.864. The van der Waals surface area contributed by atoms with Gasteiger partial charge in [0.15, 0.2) is 0 Å². The normalized spacial score (nSPS) is 25.6. The second kappa shape index (κ2) is 15.8. The number of hydrogen-bond acceptors (Lipinski definition) is 1. The molecule has 0 aromatic rings. The van der Waals surface area contributed by atoms with E-state index in [4.69, 9.17) is 0 Å². The van der Waals surface area contributed by atoms with Crippen molar-refractivity contribution in [2.24, 2.45) is 0 Å². The molecule has 0 saturated heterocycles. The minimum atomic E-state index is 0.864. The Labute approximate surface area is 172 Å². The standard InChI is InChI=1S/C26H51N/c1-27(26-23-19-15-11-7-4-8-12-16-20-24-26)25-21-17-13-9-5-2-3-6-10-14-18-22-25/h25-26H,2-24H2,1H3. The lowest BCUT2D eigenvalue weighted by Crippen LogP contribution is -2.40. The molecule has 0 aromatic heterocycles. The summed E-state index contributed by atoms with van der Waals surface area (Å²) in [6.45, 7) is 0. The van der Waals surface area contributed by atoms with Crippen molar-refractivity contribution in [3.8, 4) is 0 Å². The largest absolute Gasteiger partial charge is 0.300 e. The fourth-order valence-electron chi connectivity index (χ4n) is 5.57. The summed E-state index contributed by atoms with van der Waals surface area (Å²) in [6, 6.07) is 1.73. The molecule has 0 N–H and O–H groups in total. The lowest BCUT2D eigenvalue weighted by atomic mass is 9.93. The van der Waals surface area contributed by atoms with Crippen molar-refractivity contribution < 1.29 is 0 Å². The lowest BCUT2D eigenvalue weighted by Gasteiger charge is -2.36. The average molecular weight is 378 g/mol. The molecule has 0 aromatic carbocycles. The fraction of sp³-hybridized carbons (Fsp3) is 1.00. The molecule has 1 heteroatoms. The Hall–Kier alpha value is -0.0400. The molecule has 160 valence electrons. The maximum absolute atomic E-state index is 2.88. The van der Waals surface area contributed by atoms with E-state index in [2.05, 4.69) is 11.9 Å². The van der Waals surface area contributed by atoms with Crippen LogP contribution in [0.4, 0.5) is 0 Å². The predicted octanol–water partition coefficient (Wildman–Crippen LogP) is 8.65. The van der Waals surface area contributed by atoms with Crippen molar-refractivity contribution in [2.75, 3.05) is 7.05 Å². The van der Waals surface area contributed by atoms with Gasteiger partial charge in [-0.2, -0.15) is 0 Å². The number of hydrogen-bond donors (Lipinski definition) is 0. The first-order valence-corrected chi connectivity index (χ1v) is 13.1. The van der Waals surface area contributed by atoms with Crippen LogP contribution in [0.1, 0.15) is 148 Å². The molecule has 0 unspecified atom stereocenters. The van der Waals surface area contributed by atoms with Crippen LogP contribution in [-0.2, 0) is 0 Å². The fourth-order valence-corrected chi connectivity index (χ4v) is 5.57. The van der Waals surface area contributed by atoms with Crippen LogP contribution >= 0.6 is 0 Å². The van der Waals surface area contributed by atoms with Gasteiger partial charge in [-0.3, -0.25) is 0 Å². The monoisotopic (exact) mass is 377 g/mol. The minimum Gasteiger partial charge on any atom is -0.300 e. The van der Waals surface area contributed by atoms with Crippen LogP contribution in [0.3, 0.4) is 0 Å². The van der Waals surface area contributed by atoms with Crippen LogP contribution in [0.25, 0.3) is 0 Å². The SMILES string of the molecule is CN(C1CCCCCCCCCCCC1)C1CCCCCCCCCCC1. The average Bonchev–Trinajstić information content (AvgIpc) is 2.69. The Balaban J connectivity index is 1.85. The van der Waals surface area contributed by atoms with Crippen LogP contribution < -0.4 is 0 Å². The molecular weight excluding hydrogens is 326 g/mol. The Kier molecular flexibility index (Phi) is 13.6. The van der Waals surface area contributed by atoms with Crippen molar-refractivity contribution >= 4 is 0 Å². The van der Waals surface area contributed by atoms with E-state index in [9.17, 15) is 0 Å². The Morgan fingerprint density at radius 2 is 0.519 bits per heavy atom. The van der Waals surface area contributed by atoms with Gasteiger partial charge >= 0.3 is 0 Å². The van der Waals surface area contributed by atoms with E-state index in [1.807, 2.05) is 0 Å². The first-order valence-electron chi connectivity index (χ1n) is 13.1. The first-order chi connectivity index (χ1) is 13.4. The zero-order valence-electron chi connectivity index (χ0n) is 18.9. The van der Waals surface area contributed by atoms with Crippen molar-refractivity contribution in [3.05, 3.63) is 0 Å². The summed E-state index contributed by atoms with van der Waals surface area (Å²) in [5, 5.41) is 0. The molecule has 0 atom stereocenters. The molecule has 2 aliphatic carbocycles. The summed E-state index contributed by atoms with van der Waals surface area (Å²) < 4.78 is 0. The highest BCUT2D eigenvalue weighted by Gasteiger charge is 2.22. The summed E-state index contributed by atoms with van der Waals surface area (Å²) in [4.78, 5) is 2.88. The third-order valence-corrected chi connectivity index (χ3v) is 7.55. The molecule has 0 bridgehead atoms. The molecule has 0 spiro atoms. The van der Waals surface area contributed by atoms with E-state index in [0.29, 0.717) is 0 Å². The summed E-state index contributed by atoms with van der Waals surface area (Å²) in [5.74, 6) is 0. The quantitative estimate of drug-likeness (QED) is 0.465. The van der Waals surface area contributed by atoms with E-state index in [0.717, 1.165) is 12.1 Å². The van der Waals surface area contributed by atoms with E-state index >= 15 is 0 Å². The van der Waals surface area contributed by atoms with Gasteiger partial charge in [-0.25, -0.2) is 0 Å². The van der Waals surface area contributed by atoms with Gasteiger partial charge in [0.1, 0.15) is 0 Å². The summed E-state index contributed by atoms with van der Waals surface area (Å²) in [6.07, 6.45) is 34.1. The summed E-state index contributed by atoms with van der Waals surface area (Å²) in [5.41, 5.74) is 0. The van der Waals surface area contributed by atoms with Crippen molar-refractivity contribution in [1.82, 2.24) is 4.90 Å². The van der Waals surface area contributed by atoms with Crippen molar-refractivity contribution in [2.45, 2.75) is 160 Å². The molecule has 2 saturated carbocycles. The molecule has 0 radical (unpaired) electrons. The molecule has 0 heterocycles. The highest BCUT2D eigenvalue weighted by molar-refractivity contribution is 4.78. The van der Waals surface area contributed by atoms with Gasteiger partial charge in [0.25, 0.3) is 0 Å². The van der Waals surface area contributed by atoms with Gasteiger partial charge in [0.05, 0.1) is 0 Å². The summed E-state index contributed by atoms with van der Waals surface area (Å²) >= 11 is 0. The lowest BCUT2D eigenvalue weighted by molar-refractivity contribution is 0.131. The van der Waals surface area contributed by atoms with Gasteiger partial charge in [-0.05, 0) is 32.7 Å². The molecule has 2 fully saturated rings. The predicted molar refractivity (Wildman–Crippen MR) is 122 cm³/mol. The van der Waals surface area contributed by atoms with E-state index in [1.54, 1.807) is 0 Å². The maximum Gasteiger partial charge on any atom is 0.00951 e. The molecule has 2 rings (SSSR count). The second-order valence-electron chi connectivity index (χ2n) is 9.85. The van der Waals surface area contributed by atoms with Crippen LogP contribution in [0.15, 0.2) is 0 Å². The Morgan fingerprint density at radius 3 is 0.741 bits per heavy atom. The maximum atomic E-state index is 2.88. The van der Waals surface area contributed by atoms with Gasteiger partial charge in [-0.1, -0.05) is 122 Å². The molecule has 1 nitrogen and oxygen atoms in total. The third-order valence-electron chi connectivity index (χ3n) is 7.55. The van der Waals surface area contributed by atoms with Crippen LogP contribution in [0.5, 0.6) is 0 Å². The van der Waals surface area contributed by atoms with Crippen molar-refractivity contribution in [1.29, 1.82) is 0 Å². The first kappa shape index (κ1) is 23.2. The van der Waals surface area contributed by atoms with Gasteiger partial charge in [-0.15, -0.1) is 0 Å². The number of nitrogens with zero attached hydrogens (tertiary/aromatic N) is 1. The molecule has 2 aliphatic rings. The molecule has 0 amide bonds. The Morgan fingerprint density at radius 1 is 0.333 bits per heavy atom. The highest BCUT2D eigenvalue weighted by atomic mass is 15.2. The third kappa shape index (κ3) is 10.9. The molecular formula is C26H51N. The van der Waals surface area contributed by atoms with E-state index < -0.39 is 0 Å². The van der Waals surface area contributed by atoms with Gasteiger partial charge < -0.3 is 4.90 Å². The molecule has 0 aliphatic heterocycles.